The Balaban J connectivity index is 1.51. The number of fused-ring (bicyclic) bond motifs is 2. The normalized spacial score (nSPS) is 23.6. The Bertz CT molecular complexity index is 820. The van der Waals surface area contributed by atoms with Crippen LogP contribution in [0, 0.1) is 18.7 Å². The summed E-state index contributed by atoms with van der Waals surface area (Å²) in [6.07, 6.45) is 6.21. The third-order valence-electron chi connectivity index (χ3n) is 5.90. The fraction of sp³-hybridized carbons (Fsp3) is 0.524. The quantitative estimate of drug-likeness (QED) is 0.914. The molecule has 138 valence electrons. The Morgan fingerprint density at radius 2 is 2.08 bits per heavy atom. The highest BCUT2D eigenvalue weighted by atomic mass is 19.1. The van der Waals surface area contributed by atoms with Crippen molar-refractivity contribution in [3.63, 3.8) is 0 Å². The summed E-state index contributed by atoms with van der Waals surface area (Å²) in [7, 11) is 0. The molecule has 0 radical (unpaired) electrons. The van der Waals surface area contributed by atoms with Crippen LogP contribution in [-0.4, -0.2) is 41.5 Å². The van der Waals surface area contributed by atoms with Gasteiger partial charge in [-0.15, -0.1) is 0 Å². The van der Waals surface area contributed by atoms with E-state index in [-0.39, 0.29) is 11.7 Å². The lowest BCUT2D eigenvalue weighted by Gasteiger charge is -2.44. The minimum atomic E-state index is -0.345. The molecule has 1 amide bonds. The molecule has 2 aliphatic rings. The lowest BCUT2D eigenvalue weighted by molar-refractivity contribution is 0.0576. The topological polar surface area (TPSA) is 45.2 Å². The lowest BCUT2D eigenvalue weighted by Crippen LogP contribution is -2.51. The summed E-state index contributed by atoms with van der Waals surface area (Å²) < 4.78 is 13.7. The average Bonchev–Trinajstić information content (AvgIpc) is 2.65. The van der Waals surface area contributed by atoms with Gasteiger partial charge in [-0.1, -0.05) is 6.42 Å². The number of halogens is 1. The third kappa shape index (κ3) is 3.45. The summed E-state index contributed by atoms with van der Waals surface area (Å²) in [5, 5.41) is 3.70. The van der Waals surface area contributed by atoms with Crippen molar-refractivity contribution >= 4 is 16.8 Å². The van der Waals surface area contributed by atoms with Gasteiger partial charge in [0.1, 0.15) is 5.82 Å². The molecule has 5 heteroatoms. The molecule has 2 fully saturated rings. The van der Waals surface area contributed by atoms with Crippen molar-refractivity contribution in [3.8, 4) is 0 Å². The fourth-order valence-electron chi connectivity index (χ4n) is 4.65. The van der Waals surface area contributed by atoms with Gasteiger partial charge in [0.15, 0.2) is 0 Å². The third-order valence-corrected chi connectivity index (χ3v) is 5.90. The highest BCUT2D eigenvalue weighted by molar-refractivity contribution is 6.06. The zero-order valence-corrected chi connectivity index (χ0v) is 15.3. The van der Waals surface area contributed by atoms with Crippen LogP contribution in [-0.2, 0) is 0 Å². The van der Waals surface area contributed by atoms with E-state index in [0.717, 1.165) is 5.69 Å². The molecule has 2 aromatic rings. The maximum absolute atomic E-state index is 13.7. The number of hydrogen-bond acceptors (Lipinski definition) is 3. The van der Waals surface area contributed by atoms with Crippen LogP contribution in [0.5, 0.6) is 0 Å². The molecule has 0 spiro atoms. The van der Waals surface area contributed by atoms with Crippen LogP contribution in [0.2, 0.25) is 0 Å². The molecule has 0 unspecified atom stereocenters. The highest BCUT2D eigenvalue weighted by Crippen LogP contribution is 2.30. The second-order valence-corrected chi connectivity index (χ2v) is 7.68. The monoisotopic (exact) mass is 355 g/mol. The van der Waals surface area contributed by atoms with E-state index in [1.165, 1.54) is 57.3 Å². The van der Waals surface area contributed by atoms with Crippen LogP contribution >= 0.6 is 0 Å². The minimum absolute atomic E-state index is 0.126. The van der Waals surface area contributed by atoms with Crippen molar-refractivity contribution in [2.24, 2.45) is 5.92 Å². The van der Waals surface area contributed by atoms with Gasteiger partial charge in [-0.3, -0.25) is 9.78 Å². The van der Waals surface area contributed by atoms with E-state index in [9.17, 15) is 9.18 Å². The number of nitrogens with one attached hydrogen (secondary N) is 1. The Morgan fingerprint density at radius 1 is 1.23 bits per heavy atom. The number of hydrogen-bond donors (Lipinski definition) is 1. The highest BCUT2D eigenvalue weighted by Gasteiger charge is 2.33. The molecule has 1 aromatic heterocycles. The molecule has 0 aliphatic carbocycles. The molecule has 2 saturated heterocycles. The van der Waals surface area contributed by atoms with Crippen LogP contribution in [0.3, 0.4) is 0 Å². The maximum atomic E-state index is 13.7. The van der Waals surface area contributed by atoms with Gasteiger partial charge in [0.25, 0.3) is 5.91 Å². The van der Waals surface area contributed by atoms with Crippen LogP contribution < -0.4 is 5.32 Å². The van der Waals surface area contributed by atoms with Crippen LogP contribution in [0.4, 0.5) is 4.39 Å². The summed E-state index contributed by atoms with van der Waals surface area (Å²) in [5.41, 5.74) is 1.95. The minimum Gasteiger partial charge on any atom is -0.352 e. The van der Waals surface area contributed by atoms with Gasteiger partial charge in [-0.05, 0) is 75.9 Å². The van der Waals surface area contributed by atoms with Gasteiger partial charge in [0.2, 0.25) is 0 Å². The molecule has 3 heterocycles. The molecule has 26 heavy (non-hydrogen) atoms. The SMILES string of the molecule is Cc1cc(C(=O)NC[C@@H]2CCCN3CCCC[C@@H]23)c2cc(F)ccc2n1. The average molecular weight is 355 g/mol. The smallest absolute Gasteiger partial charge is 0.252 e. The number of carbonyl (C=O) groups is 1. The molecule has 1 aromatic carbocycles. The van der Waals surface area contributed by atoms with E-state index in [2.05, 4.69) is 15.2 Å². The molecule has 0 bridgehead atoms. The van der Waals surface area contributed by atoms with Gasteiger partial charge in [0.05, 0.1) is 11.1 Å². The van der Waals surface area contributed by atoms with Crippen LogP contribution in [0.1, 0.15) is 48.2 Å². The Kier molecular flexibility index (Phi) is 4.90. The largest absolute Gasteiger partial charge is 0.352 e. The number of benzene rings is 1. The van der Waals surface area contributed by atoms with Gasteiger partial charge in [-0.25, -0.2) is 4.39 Å². The van der Waals surface area contributed by atoms with Crippen molar-refractivity contribution in [1.29, 1.82) is 0 Å². The molecule has 0 saturated carbocycles. The van der Waals surface area contributed by atoms with Gasteiger partial charge in [-0.2, -0.15) is 0 Å². The first-order valence-corrected chi connectivity index (χ1v) is 9.71. The summed E-state index contributed by atoms with van der Waals surface area (Å²) in [5.74, 6) is 0.0419. The predicted molar refractivity (Wildman–Crippen MR) is 101 cm³/mol. The lowest BCUT2D eigenvalue weighted by atomic mass is 9.83. The Labute approximate surface area is 153 Å². The number of carbonyl (C=O) groups excluding carboxylic acids is 1. The van der Waals surface area contributed by atoms with Crippen molar-refractivity contribution in [2.45, 2.75) is 45.1 Å². The van der Waals surface area contributed by atoms with Crippen molar-refractivity contribution in [1.82, 2.24) is 15.2 Å². The summed E-state index contributed by atoms with van der Waals surface area (Å²) in [6.45, 7) is 4.95. The Morgan fingerprint density at radius 3 is 2.96 bits per heavy atom. The first kappa shape index (κ1) is 17.4. The van der Waals surface area contributed by atoms with Crippen LogP contribution in [0.15, 0.2) is 24.3 Å². The molecule has 4 nitrogen and oxygen atoms in total. The molecular formula is C21H26FN3O. The zero-order chi connectivity index (χ0) is 18.1. The molecule has 2 aliphatic heterocycles. The van der Waals surface area contributed by atoms with E-state index in [1.54, 1.807) is 12.1 Å². The second kappa shape index (κ2) is 7.31. The number of aryl methyl sites for hydroxylation is 1. The number of piperidine rings is 2. The molecule has 4 rings (SSSR count). The van der Waals surface area contributed by atoms with Gasteiger partial charge in [0, 0.05) is 23.7 Å². The summed E-state index contributed by atoms with van der Waals surface area (Å²) in [4.78, 5) is 19.9. The number of pyridine rings is 1. The first-order valence-electron chi connectivity index (χ1n) is 9.71. The van der Waals surface area contributed by atoms with Gasteiger partial charge < -0.3 is 10.2 Å². The van der Waals surface area contributed by atoms with Crippen molar-refractivity contribution < 1.29 is 9.18 Å². The first-order chi connectivity index (χ1) is 12.6. The number of nitrogens with zero attached hydrogens (tertiary/aromatic N) is 2. The predicted octanol–water partition coefficient (Wildman–Crippen LogP) is 3.68. The number of aromatic nitrogens is 1. The molecule has 2 atom stereocenters. The van der Waals surface area contributed by atoms with Crippen molar-refractivity contribution in [3.05, 3.63) is 41.3 Å². The number of rotatable bonds is 3. The van der Waals surface area contributed by atoms with E-state index >= 15 is 0 Å². The van der Waals surface area contributed by atoms with Crippen LogP contribution in [0.25, 0.3) is 10.9 Å². The van der Waals surface area contributed by atoms with E-state index in [0.29, 0.717) is 35.0 Å². The number of amides is 1. The maximum Gasteiger partial charge on any atom is 0.252 e. The summed E-state index contributed by atoms with van der Waals surface area (Å²) >= 11 is 0. The van der Waals surface area contributed by atoms with Gasteiger partial charge >= 0.3 is 0 Å². The zero-order valence-electron chi connectivity index (χ0n) is 15.3. The fourth-order valence-corrected chi connectivity index (χ4v) is 4.65. The molecule has 1 N–H and O–H groups in total. The Hall–Kier alpha value is -2.01. The standard InChI is InChI=1S/C21H26FN3O/c1-14-11-18(17-12-16(22)7-8-19(17)24-14)21(26)23-13-15-5-4-10-25-9-3-2-6-20(15)25/h7-8,11-12,15,20H,2-6,9-10,13H2,1H3,(H,23,26)/t15-,20-/m0/s1. The summed E-state index contributed by atoms with van der Waals surface area (Å²) in [6, 6.07) is 6.78. The molecular weight excluding hydrogens is 329 g/mol. The van der Waals surface area contributed by atoms with E-state index in [4.69, 9.17) is 0 Å². The van der Waals surface area contributed by atoms with E-state index < -0.39 is 0 Å². The van der Waals surface area contributed by atoms with E-state index in [1.807, 2.05) is 6.92 Å². The second-order valence-electron chi connectivity index (χ2n) is 7.68. The van der Waals surface area contributed by atoms with Crippen molar-refractivity contribution in [2.75, 3.05) is 19.6 Å².